The van der Waals surface area contributed by atoms with Gasteiger partial charge in [-0.25, -0.2) is 0 Å². The maximum absolute atomic E-state index is 12.7. The number of rotatable bonds is 6. The molecule has 106 valence electrons. The summed E-state index contributed by atoms with van der Waals surface area (Å²) in [5, 5.41) is 3.39. The molecule has 1 amide bonds. The van der Waals surface area contributed by atoms with E-state index >= 15 is 0 Å². The molecule has 0 aromatic carbocycles. The SMILES string of the molecule is COCCN(CC(C)C)C(=O)C1(C)CCCCN1. The van der Waals surface area contributed by atoms with Crippen molar-refractivity contribution >= 4 is 5.91 Å². The van der Waals surface area contributed by atoms with Crippen LogP contribution in [0.5, 0.6) is 0 Å². The first-order valence-corrected chi connectivity index (χ1v) is 7.03. The predicted molar refractivity (Wildman–Crippen MR) is 73.6 cm³/mol. The Kier molecular flexibility index (Phi) is 6.09. The summed E-state index contributed by atoms with van der Waals surface area (Å²) in [7, 11) is 1.68. The number of methoxy groups -OCH3 is 1. The van der Waals surface area contributed by atoms with Gasteiger partial charge in [-0.05, 0) is 38.6 Å². The highest BCUT2D eigenvalue weighted by atomic mass is 16.5. The molecular formula is C14H28N2O2. The number of carbonyl (C=O) groups excluding carboxylic acids is 1. The number of nitrogens with zero attached hydrogens (tertiary/aromatic N) is 1. The summed E-state index contributed by atoms with van der Waals surface area (Å²) in [6.45, 7) is 9.36. The van der Waals surface area contributed by atoms with Crippen molar-refractivity contribution in [2.45, 2.75) is 45.6 Å². The molecule has 1 atom stereocenters. The fourth-order valence-electron chi connectivity index (χ4n) is 2.51. The van der Waals surface area contributed by atoms with Crippen LogP contribution in [0.15, 0.2) is 0 Å². The summed E-state index contributed by atoms with van der Waals surface area (Å²) in [6, 6.07) is 0. The zero-order valence-electron chi connectivity index (χ0n) is 12.3. The minimum atomic E-state index is -0.374. The predicted octanol–water partition coefficient (Wildman–Crippen LogP) is 1.65. The van der Waals surface area contributed by atoms with Gasteiger partial charge in [-0.15, -0.1) is 0 Å². The highest BCUT2D eigenvalue weighted by Gasteiger charge is 2.37. The fraction of sp³-hybridized carbons (Fsp3) is 0.929. The highest BCUT2D eigenvalue weighted by molar-refractivity contribution is 5.86. The summed E-state index contributed by atoms with van der Waals surface area (Å²) in [5.74, 6) is 0.714. The standard InChI is InChI=1S/C14H28N2O2/c1-12(2)11-16(9-10-18-4)13(17)14(3)7-5-6-8-15-14/h12,15H,5-11H2,1-4H3. The first-order chi connectivity index (χ1) is 8.49. The minimum absolute atomic E-state index is 0.230. The Hall–Kier alpha value is -0.610. The van der Waals surface area contributed by atoms with Crippen LogP contribution in [0.25, 0.3) is 0 Å². The molecule has 0 spiro atoms. The number of hydrogen-bond acceptors (Lipinski definition) is 3. The Bertz CT molecular complexity index is 261. The van der Waals surface area contributed by atoms with Crippen molar-refractivity contribution in [2.24, 2.45) is 5.92 Å². The molecule has 1 rings (SSSR count). The van der Waals surface area contributed by atoms with Crippen LogP contribution < -0.4 is 5.32 Å². The second kappa shape index (κ2) is 7.10. The lowest BCUT2D eigenvalue weighted by Gasteiger charge is -2.38. The van der Waals surface area contributed by atoms with Crippen LogP contribution in [0.4, 0.5) is 0 Å². The van der Waals surface area contributed by atoms with E-state index in [4.69, 9.17) is 4.74 Å². The van der Waals surface area contributed by atoms with Crippen molar-refractivity contribution in [3.05, 3.63) is 0 Å². The summed E-state index contributed by atoms with van der Waals surface area (Å²) in [4.78, 5) is 14.6. The first kappa shape index (κ1) is 15.4. The van der Waals surface area contributed by atoms with E-state index in [1.54, 1.807) is 7.11 Å². The monoisotopic (exact) mass is 256 g/mol. The molecule has 0 aromatic heterocycles. The Morgan fingerprint density at radius 2 is 2.17 bits per heavy atom. The molecule has 0 aliphatic carbocycles. The molecule has 1 aliphatic heterocycles. The van der Waals surface area contributed by atoms with Gasteiger partial charge >= 0.3 is 0 Å². The van der Waals surface area contributed by atoms with Crippen LogP contribution in [0.3, 0.4) is 0 Å². The summed E-state index contributed by atoms with van der Waals surface area (Å²) in [5.41, 5.74) is -0.374. The molecule has 18 heavy (non-hydrogen) atoms. The second-order valence-electron chi connectivity index (χ2n) is 5.85. The molecule has 1 saturated heterocycles. The van der Waals surface area contributed by atoms with Crippen LogP contribution in [0.2, 0.25) is 0 Å². The number of carbonyl (C=O) groups is 1. The normalized spacial score (nSPS) is 24.3. The third-order valence-electron chi connectivity index (χ3n) is 3.53. The first-order valence-electron chi connectivity index (χ1n) is 7.03. The van der Waals surface area contributed by atoms with Gasteiger partial charge < -0.3 is 15.0 Å². The van der Waals surface area contributed by atoms with Crippen LogP contribution in [0, 0.1) is 5.92 Å². The van der Waals surface area contributed by atoms with Crippen molar-refractivity contribution in [3.63, 3.8) is 0 Å². The van der Waals surface area contributed by atoms with Gasteiger partial charge in [0, 0.05) is 20.2 Å². The molecule has 1 fully saturated rings. The summed E-state index contributed by atoms with van der Waals surface area (Å²) >= 11 is 0. The molecule has 1 aliphatic rings. The van der Waals surface area contributed by atoms with E-state index in [2.05, 4.69) is 19.2 Å². The zero-order valence-corrected chi connectivity index (χ0v) is 12.3. The van der Waals surface area contributed by atoms with Gasteiger partial charge in [-0.3, -0.25) is 4.79 Å². The van der Waals surface area contributed by atoms with E-state index in [9.17, 15) is 4.79 Å². The van der Waals surface area contributed by atoms with Crippen LogP contribution in [-0.2, 0) is 9.53 Å². The molecule has 1 heterocycles. The second-order valence-corrected chi connectivity index (χ2v) is 5.85. The fourth-order valence-corrected chi connectivity index (χ4v) is 2.51. The van der Waals surface area contributed by atoms with Gasteiger partial charge in [-0.2, -0.15) is 0 Å². The Morgan fingerprint density at radius 1 is 1.44 bits per heavy atom. The van der Waals surface area contributed by atoms with Crippen molar-refractivity contribution in [1.82, 2.24) is 10.2 Å². The van der Waals surface area contributed by atoms with E-state index in [1.165, 1.54) is 6.42 Å². The van der Waals surface area contributed by atoms with Crippen molar-refractivity contribution < 1.29 is 9.53 Å². The summed E-state index contributed by atoms with van der Waals surface area (Å²) < 4.78 is 5.11. The quantitative estimate of drug-likeness (QED) is 0.785. The number of piperidine rings is 1. The molecule has 0 radical (unpaired) electrons. The van der Waals surface area contributed by atoms with E-state index < -0.39 is 0 Å². The largest absolute Gasteiger partial charge is 0.383 e. The number of nitrogens with one attached hydrogen (secondary N) is 1. The average molecular weight is 256 g/mol. The minimum Gasteiger partial charge on any atom is -0.383 e. The summed E-state index contributed by atoms with van der Waals surface area (Å²) in [6.07, 6.45) is 3.24. The third kappa shape index (κ3) is 4.25. The number of hydrogen-bond donors (Lipinski definition) is 1. The molecule has 1 unspecified atom stereocenters. The number of amides is 1. The topological polar surface area (TPSA) is 41.6 Å². The maximum Gasteiger partial charge on any atom is 0.242 e. The van der Waals surface area contributed by atoms with Crippen LogP contribution in [0.1, 0.15) is 40.0 Å². The Balaban J connectivity index is 2.66. The average Bonchev–Trinajstić information content (AvgIpc) is 2.34. The number of ether oxygens (including phenoxy) is 1. The van der Waals surface area contributed by atoms with Gasteiger partial charge in [0.1, 0.15) is 0 Å². The van der Waals surface area contributed by atoms with Crippen molar-refractivity contribution in [2.75, 3.05) is 33.4 Å². The third-order valence-corrected chi connectivity index (χ3v) is 3.53. The molecule has 0 aromatic rings. The molecule has 4 nitrogen and oxygen atoms in total. The lowest BCUT2D eigenvalue weighted by atomic mass is 9.89. The van der Waals surface area contributed by atoms with E-state index in [-0.39, 0.29) is 11.4 Å². The van der Waals surface area contributed by atoms with Crippen molar-refractivity contribution in [3.8, 4) is 0 Å². The van der Waals surface area contributed by atoms with E-state index in [0.29, 0.717) is 19.1 Å². The molecule has 0 saturated carbocycles. The zero-order chi connectivity index (χ0) is 13.6. The molecular weight excluding hydrogens is 228 g/mol. The Morgan fingerprint density at radius 3 is 2.67 bits per heavy atom. The van der Waals surface area contributed by atoms with Gasteiger partial charge in [0.2, 0.25) is 5.91 Å². The van der Waals surface area contributed by atoms with E-state index in [0.717, 1.165) is 25.9 Å². The lowest BCUT2D eigenvalue weighted by molar-refractivity contribution is -0.140. The Labute approximate surface area is 111 Å². The highest BCUT2D eigenvalue weighted by Crippen LogP contribution is 2.21. The van der Waals surface area contributed by atoms with Gasteiger partial charge in [0.25, 0.3) is 0 Å². The van der Waals surface area contributed by atoms with E-state index in [1.807, 2.05) is 11.8 Å². The smallest absolute Gasteiger partial charge is 0.242 e. The van der Waals surface area contributed by atoms with Gasteiger partial charge in [0.05, 0.1) is 12.1 Å². The van der Waals surface area contributed by atoms with Crippen LogP contribution in [-0.4, -0.2) is 49.7 Å². The molecule has 4 heteroatoms. The lowest BCUT2D eigenvalue weighted by Crippen LogP contribution is -2.58. The van der Waals surface area contributed by atoms with Crippen LogP contribution >= 0.6 is 0 Å². The van der Waals surface area contributed by atoms with Gasteiger partial charge in [-0.1, -0.05) is 13.8 Å². The molecule has 0 bridgehead atoms. The van der Waals surface area contributed by atoms with Gasteiger partial charge in [0.15, 0.2) is 0 Å². The maximum atomic E-state index is 12.7. The van der Waals surface area contributed by atoms with Crippen molar-refractivity contribution in [1.29, 1.82) is 0 Å². The molecule has 1 N–H and O–H groups in total.